The quantitative estimate of drug-likeness (QED) is 0.808. The fourth-order valence-electron chi connectivity index (χ4n) is 1.35. The summed E-state index contributed by atoms with van der Waals surface area (Å²) in [5.41, 5.74) is 0.910. The fourth-order valence-corrected chi connectivity index (χ4v) is 1.35. The van der Waals surface area contributed by atoms with E-state index in [-0.39, 0.29) is 5.82 Å². The molecule has 0 aromatic heterocycles. The maximum Gasteiger partial charge on any atom is 0.127 e. The number of hydrogen-bond donors (Lipinski definition) is 1. The molecule has 0 atom stereocenters. The Balaban J connectivity index is 2.56. The first-order valence-electron chi connectivity index (χ1n) is 5.16. The largest absolute Gasteiger partial charge is 0.497 e. The van der Waals surface area contributed by atoms with E-state index in [1.54, 1.807) is 7.11 Å². The van der Waals surface area contributed by atoms with Gasteiger partial charge in [-0.15, -0.1) is 0 Å². The van der Waals surface area contributed by atoms with Gasteiger partial charge in [0.05, 0.1) is 7.11 Å². The molecule has 0 heterocycles. The predicted octanol–water partition coefficient (Wildman–Crippen LogP) is 2.58. The molecule has 0 saturated carbocycles. The Bertz CT molecular complexity index is 312. The minimum Gasteiger partial charge on any atom is -0.497 e. The first-order chi connectivity index (χ1) is 7.11. The Morgan fingerprint density at radius 1 is 1.33 bits per heavy atom. The number of methoxy groups -OCH3 is 1. The Hall–Kier alpha value is -1.09. The second kappa shape index (κ2) is 5.71. The van der Waals surface area contributed by atoms with Gasteiger partial charge in [-0.3, -0.25) is 0 Å². The van der Waals surface area contributed by atoms with Gasteiger partial charge < -0.3 is 10.1 Å². The standard InChI is InChI=1S/C12H18FNO/c1-9(2)7-14-8-10-4-11(13)6-12(5-10)15-3/h4-6,9,14H,7-8H2,1-3H3. The van der Waals surface area contributed by atoms with Crippen LogP contribution in [0.1, 0.15) is 19.4 Å². The van der Waals surface area contributed by atoms with Gasteiger partial charge in [-0.25, -0.2) is 4.39 Å². The number of ether oxygens (including phenoxy) is 1. The predicted molar refractivity (Wildman–Crippen MR) is 59.5 cm³/mol. The van der Waals surface area contributed by atoms with E-state index in [0.29, 0.717) is 18.2 Å². The number of rotatable bonds is 5. The minimum absolute atomic E-state index is 0.254. The van der Waals surface area contributed by atoms with E-state index in [9.17, 15) is 4.39 Å². The SMILES string of the molecule is COc1cc(F)cc(CNCC(C)C)c1. The topological polar surface area (TPSA) is 21.3 Å². The monoisotopic (exact) mass is 211 g/mol. The van der Waals surface area contributed by atoms with E-state index in [2.05, 4.69) is 19.2 Å². The van der Waals surface area contributed by atoms with Crippen LogP contribution in [0.2, 0.25) is 0 Å². The van der Waals surface area contributed by atoms with Gasteiger partial charge in [0.1, 0.15) is 11.6 Å². The first kappa shape index (κ1) is 12.0. The Morgan fingerprint density at radius 3 is 2.67 bits per heavy atom. The van der Waals surface area contributed by atoms with Crippen LogP contribution < -0.4 is 10.1 Å². The van der Waals surface area contributed by atoms with Crippen molar-refractivity contribution in [1.82, 2.24) is 5.32 Å². The van der Waals surface area contributed by atoms with E-state index in [1.165, 1.54) is 12.1 Å². The third-order valence-corrected chi connectivity index (χ3v) is 2.05. The molecule has 84 valence electrons. The van der Waals surface area contributed by atoms with Crippen LogP contribution in [0.5, 0.6) is 5.75 Å². The van der Waals surface area contributed by atoms with Crippen molar-refractivity contribution in [3.05, 3.63) is 29.6 Å². The zero-order chi connectivity index (χ0) is 11.3. The molecule has 1 aromatic carbocycles. The third kappa shape index (κ3) is 4.30. The molecule has 1 rings (SSSR count). The van der Waals surface area contributed by atoms with Crippen LogP contribution in [0.3, 0.4) is 0 Å². The molecule has 0 amide bonds. The molecular formula is C12H18FNO. The van der Waals surface area contributed by atoms with E-state index in [1.807, 2.05) is 6.07 Å². The molecule has 0 bridgehead atoms. The summed E-state index contributed by atoms with van der Waals surface area (Å²) in [6, 6.07) is 4.75. The Morgan fingerprint density at radius 2 is 2.07 bits per heavy atom. The highest BCUT2D eigenvalue weighted by Crippen LogP contribution is 2.15. The van der Waals surface area contributed by atoms with Gasteiger partial charge in [-0.2, -0.15) is 0 Å². The molecule has 15 heavy (non-hydrogen) atoms. The lowest BCUT2D eigenvalue weighted by molar-refractivity contribution is 0.410. The average molecular weight is 211 g/mol. The van der Waals surface area contributed by atoms with Crippen molar-refractivity contribution < 1.29 is 9.13 Å². The van der Waals surface area contributed by atoms with Gasteiger partial charge in [0.2, 0.25) is 0 Å². The van der Waals surface area contributed by atoms with Crippen molar-refractivity contribution in [2.24, 2.45) is 5.92 Å². The van der Waals surface area contributed by atoms with Crippen molar-refractivity contribution in [3.63, 3.8) is 0 Å². The number of nitrogens with one attached hydrogen (secondary N) is 1. The van der Waals surface area contributed by atoms with E-state index in [0.717, 1.165) is 12.1 Å². The third-order valence-electron chi connectivity index (χ3n) is 2.05. The summed E-state index contributed by atoms with van der Waals surface area (Å²) in [5.74, 6) is 0.910. The van der Waals surface area contributed by atoms with Crippen molar-refractivity contribution >= 4 is 0 Å². The van der Waals surface area contributed by atoms with Crippen molar-refractivity contribution in [2.45, 2.75) is 20.4 Å². The molecule has 0 aliphatic heterocycles. The molecule has 0 spiro atoms. The first-order valence-corrected chi connectivity index (χ1v) is 5.16. The molecule has 2 nitrogen and oxygen atoms in total. The molecule has 0 fully saturated rings. The summed E-state index contributed by atoms with van der Waals surface area (Å²) < 4.78 is 18.1. The maximum atomic E-state index is 13.1. The van der Waals surface area contributed by atoms with E-state index in [4.69, 9.17) is 4.74 Å². The summed E-state index contributed by atoms with van der Waals surface area (Å²) in [6.45, 7) is 5.88. The van der Waals surface area contributed by atoms with Gasteiger partial charge in [0.25, 0.3) is 0 Å². The second-order valence-corrected chi connectivity index (χ2v) is 4.02. The second-order valence-electron chi connectivity index (χ2n) is 4.02. The maximum absolute atomic E-state index is 13.1. The van der Waals surface area contributed by atoms with Crippen LogP contribution in [0.25, 0.3) is 0 Å². The van der Waals surface area contributed by atoms with Crippen LogP contribution in [0, 0.1) is 11.7 Å². The van der Waals surface area contributed by atoms with Crippen LogP contribution in [-0.4, -0.2) is 13.7 Å². The van der Waals surface area contributed by atoms with Crippen molar-refractivity contribution in [2.75, 3.05) is 13.7 Å². The lowest BCUT2D eigenvalue weighted by Crippen LogP contribution is -2.19. The van der Waals surface area contributed by atoms with Crippen LogP contribution >= 0.6 is 0 Å². The minimum atomic E-state index is -0.254. The van der Waals surface area contributed by atoms with Gasteiger partial charge in [-0.05, 0) is 30.2 Å². The zero-order valence-electron chi connectivity index (χ0n) is 9.51. The lowest BCUT2D eigenvalue weighted by Gasteiger charge is -2.08. The molecule has 0 aliphatic carbocycles. The highest BCUT2D eigenvalue weighted by Gasteiger charge is 2.01. The number of halogens is 1. The van der Waals surface area contributed by atoms with Crippen molar-refractivity contribution in [1.29, 1.82) is 0 Å². The summed E-state index contributed by atoms with van der Waals surface area (Å²) in [7, 11) is 1.54. The number of hydrogen-bond acceptors (Lipinski definition) is 2. The highest BCUT2D eigenvalue weighted by atomic mass is 19.1. The fraction of sp³-hybridized carbons (Fsp3) is 0.500. The normalized spacial score (nSPS) is 10.7. The molecule has 0 aliphatic rings. The van der Waals surface area contributed by atoms with E-state index >= 15 is 0 Å². The Labute approximate surface area is 90.4 Å². The molecule has 1 N–H and O–H groups in total. The van der Waals surface area contributed by atoms with Crippen molar-refractivity contribution in [3.8, 4) is 5.75 Å². The number of benzene rings is 1. The lowest BCUT2D eigenvalue weighted by atomic mass is 10.2. The van der Waals surface area contributed by atoms with Gasteiger partial charge in [0.15, 0.2) is 0 Å². The van der Waals surface area contributed by atoms with Gasteiger partial charge in [0, 0.05) is 12.6 Å². The summed E-state index contributed by atoms with van der Waals surface area (Å²) >= 11 is 0. The van der Waals surface area contributed by atoms with Crippen LogP contribution in [-0.2, 0) is 6.54 Å². The van der Waals surface area contributed by atoms with Gasteiger partial charge >= 0.3 is 0 Å². The van der Waals surface area contributed by atoms with Crippen LogP contribution in [0.15, 0.2) is 18.2 Å². The molecule has 0 radical (unpaired) electrons. The Kier molecular flexibility index (Phi) is 4.56. The molecule has 1 aromatic rings. The van der Waals surface area contributed by atoms with Gasteiger partial charge in [-0.1, -0.05) is 13.8 Å². The molecule has 3 heteroatoms. The molecule has 0 unspecified atom stereocenters. The summed E-state index contributed by atoms with van der Waals surface area (Å²) in [6.07, 6.45) is 0. The summed E-state index contributed by atoms with van der Waals surface area (Å²) in [4.78, 5) is 0. The zero-order valence-corrected chi connectivity index (χ0v) is 9.51. The highest BCUT2D eigenvalue weighted by molar-refractivity contribution is 5.29. The average Bonchev–Trinajstić information content (AvgIpc) is 2.16. The molecular weight excluding hydrogens is 193 g/mol. The van der Waals surface area contributed by atoms with E-state index < -0.39 is 0 Å². The smallest absolute Gasteiger partial charge is 0.127 e. The molecule has 0 saturated heterocycles. The van der Waals surface area contributed by atoms with Crippen LogP contribution in [0.4, 0.5) is 4.39 Å². The summed E-state index contributed by atoms with van der Waals surface area (Å²) in [5, 5.41) is 3.26.